The van der Waals surface area contributed by atoms with Crippen LogP contribution in [0.3, 0.4) is 0 Å². The second-order valence-corrected chi connectivity index (χ2v) is 10.5. The normalized spacial score (nSPS) is 14.2. The molecule has 0 saturated carbocycles. The van der Waals surface area contributed by atoms with Gasteiger partial charge in [-0.15, -0.1) is 0 Å². The molecule has 0 aliphatic carbocycles. The lowest BCUT2D eigenvalue weighted by molar-refractivity contribution is -0.899. The van der Waals surface area contributed by atoms with Crippen LogP contribution in [0.4, 0.5) is 0 Å². The fourth-order valence-corrected chi connectivity index (χ4v) is 5.60. The Bertz CT molecular complexity index is 1440. The number of benzene rings is 3. The van der Waals surface area contributed by atoms with Crippen LogP contribution in [0, 0.1) is 0 Å². The second-order valence-electron chi connectivity index (χ2n) is 9.63. The van der Waals surface area contributed by atoms with Crippen molar-refractivity contribution >= 4 is 34.2 Å². The average Bonchev–Trinajstić information content (AvgIpc) is 3.15. The zero-order valence-corrected chi connectivity index (χ0v) is 23.2. The molecular weight excluding hydrogens is 545 g/mol. The van der Waals surface area contributed by atoms with Gasteiger partial charge in [0.05, 0.1) is 23.7 Å². The van der Waals surface area contributed by atoms with Gasteiger partial charge in [-0.3, -0.25) is 0 Å². The third kappa shape index (κ3) is 6.65. The first kappa shape index (κ1) is 28.3. The SMILES string of the molecule is O=c1oc2cc(O)ccc2c(Cc2ccc(OCC[NH+]3CCCCCC3)cc2)c1-c1ccc(Cl)cc1Cl.[Cl-]. The quantitative estimate of drug-likeness (QED) is 0.333. The number of nitrogens with one attached hydrogen (secondary N) is 1. The van der Waals surface area contributed by atoms with Gasteiger partial charge in [0.2, 0.25) is 0 Å². The fraction of sp³-hybridized carbons (Fsp3) is 0.300. The van der Waals surface area contributed by atoms with Gasteiger partial charge in [-0.1, -0.05) is 41.4 Å². The van der Waals surface area contributed by atoms with E-state index in [1.165, 1.54) is 44.8 Å². The van der Waals surface area contributed by atoms with E-state index in [0.29, 0.717) is 39.8 Å². The van der Waals surface area contributed by atoms with Crippen LogP contribution in [0.25, 0.3) is 22.1 Å². The van der Waals surface area contributed by atoms with Crippen molar-refractivity contribution in [3.8, 4) is 22.6 Å². The first-order valence-electron chi connectivity index (χ1n) is 12.8. The topological polar surface area (TPSA) is 64.1 Å². The summed E-state index contributed by atoms with van der Waals surface area (Å²) in [6.07, 6.45) is 5.77. The molecule has 200 valence electrons. The van der Waals surface area contributed by atoms with Crippen LogP contribution in [0.1, 0.15) is 36.8 Å². The molecule has 0 radical (unpaired) electrons. The van der Waals surface area contributed by atoms with Crippen molar-refractivity contribution in [1.82, 2.24) is 0 Å². The van der Waals surface area contributed by atoms with Crippen molar-refractivity contribution in [3.05, 3.63) is 92.3 Å². The molecule has 8 heteroatoms. The highest BCUT2D eigenvalue weighted by molar-refractivity contribution is 6.36. The number of hydrogen-bond donors (Lipinski definition) is 2. The van der Waals surface area contributed by atoms with Crippen molar-refractivity contribution in [1.29, 1.82) is 0 Å². The Hall–Kier alpha value is -2.70. The largest absolute Gasteiger partial charge is 1.00 e. The molecule has 0 unspecified atom stereocenters. The van der Waals surface area contributed by atoms with Gasteiger partial charge in [0.15, 0.2) is 0 Å². The van der Waals surface area contributed by atoms with Crippen LogP contribution >= 0.6 is 23.2 Å². The summed E-state index contributed by atoms with van der Waals surface area (Å²) >= 11 is 12.6. The summed E-state index contributed by atoms with van der Waals surface area (Å²) in [6.45, 7) is 4.19. The van der Waals surface area contributed by atoms with E-state index in [0.717, 1.165) is 28.8 Å². The number of halogens is 3. The van der Waals surface area contributed by atoms with Crippen molar-refractivity contribution in [2.75, 3.05) is 26.2 Å². The second kappa shape index (κ2) is 12.9. The van der Waals surface area contributed by atoms with Crippen LogP contribution in [0.15, 0.2) is 69.9 Å². The Balaban J connectivity index is 0.00000336. The molecule has 5 nitrogen and oxygen atoms in total. The summed E-state index contributed by atoms with van der Waals surface area (Å²) in [6, 6.07) is 17.8. The van der Waals surface area contributed by atoms with Crippen molar-refractivity contribution < 1.29 is 31.6 Å². The monoisotopic (exact) mass is 573 g/mol. The third-order valence-corrected chi connectivity index (χ3v) is 7.59. The van der Waals surface area contributed by atoms with E-state index < -0.39 is 5.63 Å². The molecule has 3 aromatic carbocycles. The molecule has 2 heterocycles. The molecule has 1 aliphatic heterocycles. The summed E-state index contributed by atoms with van der Waals surface area (Å²) < 4.78 is 11.6. The van der Waals surface area contributed by atoms with Gasteiger partial charge in [0, 0.05) is 22.0 Å². The number of likely N-dealkylation sites (tertiary alicyclic amines) is 1. The summed E-state index contributed by atoms with van der Waals surface area (Å²) in [4.78, 5) is 14.8. The lowest BCUT2D eigenvalue weighted by Crippen LogP contribution is -3.12. The van der Waals surface area contributed by atoms with Crippen LogP contribution < -0.4 is 27.7 Å². The third-order valence-electron chi connectivity index (χ3n) is 7.04. The Morgan fingerprint density at radius 2 is 1.66 bits per heavy atom. The van der Waals surface area contributed by atoms with E-state index in [9.17, 15) is 9.90 Å². The maximum atomic E-state index is 13.2. The van der Waals surface area contributed by atoms with E-state index in [1.807, 2.05) is 24.3 Å². The first-order valence-corrected chi connectivity index (χ1v) is 13.5. The zero-order chi connectivity index (χ0) is 25.8. The molecule has 5 rings (SSSR count). The van der Waals surface area contributed by atoms with Gasteiger partial charge in [-0.2, -0.15) is 0 Å². The predicted octanol–water partition coefficient (Wildman–Crippen LogP) is 2.90. The molecule has 4 aromatic rings. The highest BCUT2D eigenvalue weighted by Gasteiger charge is 2.20. The predicted molar refractivity (Wildman–Crippen MR) is 148 cm³/mol. The molecule has 1 fully saturated rings. The Morgan fingerprint density at radius 3 is 2.37 bits per heavy atom. The minimum absolute atomic E-state index is 0. The smallest absolute Gasteiger partial charge is 0.344 e. The van der Waals surface area contributed by atoms with Gasteiger partial charge in [-0.05, 0) is 79.6 Å². The van der Waals surface area contributed by atoms with Gasteiger partial charge >= 0.3 is 5.63 Å². The first-order chi connectivity index (χ1) is 18.0. The van der Waals surface area contributed by atoms with Crippen molar-refractivity contribution in [2.45, 2.75) is 32.1 Å². The van der Waals surface area contributed by atoms with Gasteiger partial charge in [0.25, 0.3) is 0 Å². The number of hydrogen-bond acceptors (Lipinski definition) is 4. The number of rotatable bonds is 7. The van der Waals surface area contributed by atoms with Crippen molar-refractivity contribution in [3.63, 3.8) is 0 Å². The highest BCUT2D eigenvalue weighted by atomic mass is 35.5. The van der Waals surface area contributed by atoms with Crippen molar-refractivity contribution in [2.24, 2.45) is 0 Å². The lowest BCUT2D eigenvalue weighted by Gasteiger charge is -2.17. The molecule has 0 amide bonds. The molecular formula is C30H30Cl3NO4. The number of fused-ring (bicyclic) bond motifs is 1. The summed E-state index contributed by atoms with van der Waals surface area (Å²) in [5.41, 5.74) is 2.53. The number of quaternary nitrogens is 1. The number of phenols is 1. The molecule has 1 aromatic heterocycles. The lowest BCUT2D eigenvalue weighted by atomic mass is 9.93. The molecule has 0 bridgehead atoms. The van der Waals surface area contributed by atoms with Crippen LogP contribution in [0.2, 0.25) is 10.0 Å². The molecule has 38 heavy (non-hydrogen) atoms. The molecule has 2 N–H and O–H groups in total. The van der Waals surface area contributed by atoms with Crippen LogP contribution in [-0.2, 0) is 6.42 Å². The molecule has 1 saturated heterocycles. The average molecular weight is 575 g/mol. The molecule has 1 aliphatic rings. The van der Waals surface area contributed by atoms with E-state index >= 15 is 0 Å². The summed E-state index contributed by atoms with van der Waals surface area (Å²) in [5, 5.41) is 11.5. The molecule has 0 spiro atoms. The van der Waals surface area contributed by atoms with E-state index in [-0.39, 0.29) is 18.2 Å². The summed E-state index contributed by atoms with van der Waals surface area (Å²) in [5.74, 6) is 0.865. The van der Waals surface area contributed by atoms with Crippen LogP contribution in [-0.4, -0.2) is 31.3 Å². The summed E-state index contributed by atoms with van der Waals surface area (Å²) in [7, 11) is 0. The van der Waals surface area contributed by atoms with Gasteiger partial charge < -0.3 is 31.6 Å². The molecule has 0 atom stereocenters. The number of aromatic hydroxyl groups is 1. The zero-order valence-electron chi connectivity index (χ0n) is 20.9. The van der Waals surface area contributed by atoms with Gasteiger partial charge in [-0.25, -0.2) is 4.79 Å². The van der Waals surface area contributed by atoms with E-state index in [2.05, 4.69) is 0 Å². The number of phenolic OH excluding ortho intramolecular Hbond substituents is 1. The van der Waals surface area contributed by atoms with E-state index in [1.54, 1.807) is 35.2 Å². The fourth-order valence-electron chi connectivity index (χ4n) is 5.10. The van der Waals surface area contributed by atoms with Crippen LogP contribution in [0.5, 0.6) is 11.5 Å². The number of ether oxygens (including phenoxy) is 1. The van der Waals surface area contributed by atoms with Gasteiger partial charge in [0.1, 0.15) is 30.2 Å². The minimum atomic E-state index is -0.520. The highest BCUT2D eigenvalue weighted by Crippen LogP contribution is 2.35. The Morgan fingerprint density at radius 1 is 0.921 bits per heavy atom. The minimum Gasteiger partial charge on any atom is -1.00 e. The maximum absolute atomic E-state index is 13.2. The Labute approximate surface area is 238 Å². The maximum Gasteiger partial charge on any atom is 0.344 e. The van der Waals surface area contributed by atoms with E-state index in [4.69, 9.17) is 32.4 Å². The Kier molecular flexibility index (Phi) is 9.61. The standard InChI is InChI=1S/C30H29Cl2NO4.ClH/c31-21-7-11-25(27(32)18-21)29-26(24-12-8-22(34)19-28(24)37-30(29)35)17-20-5-9-23(10-6-20)36-16-15-33-13-3-1-2-4-14-33;/h5-12,18-19,34H,1-4,13-17H2;1H.